The molecule has 0 saturated carbocycles. The van der Waals surface area contributed by atoms with Gasteiger partial charge in [-0.2, -0.15) is 4.99 Å². The number of aromatic nitrogens is 1. The fourth-order valence-corrected chi connectivity index (χ4v) is 2.05. The maximum atomic E-state index is 5.61. The molecule has 0 bridgehead atoms. The average molecular weight is 258 g/mol. The maximum Gasteiger partial charge on any atom is 0.218 e. The number of nitrogens with one attached hydrogen (secondary N) is 1. The van der Waals surface area contributed by atoms with E-state index in [1.54, 1.807) is 0 Å². The number of para-hydroxylation sites is 1. The first kappa shape index (κ1) is 12.9. The predicted octanol–water partition coefficient (Wildman–Crippen LogP) is 0.687. The SMILES string of the molecule is C[C@@H](Cc1c[nH]c2ccccc12)N=C(N)N=C(N)N. The van der Waals surface area contributed by atoms with Crippen LogP contribution in [0.2, 0.25) is 0 Å². The molecule has 6 nitrogen and oxygen atoms in total. The van der Waals surface area contributed by atoms with Crippen molar-refractivity contribution in [3.05, 3.63) is 36.0 Å². The van der Waals surface area contributed by atoms with Crippen molar-refractivity contribution in [1.29, 1.82) is 0 Å². The number of hydrogen-bond donors (Lipinski definition) is 4. The summed E-state index contributed by atoms with van der Waals surface area (Å²) in [4.78, 5) is 11.2. The van der Waals surface area contributed by atoms with Crippen LogP contribution < -0.4 is 17.2 Å². The van der Waals surface area contributed by atoms with Crippen LogP contribution in [-0.2, 0) is 6.42 Å². The Morgan fingerprint density at radius 2 is 2.00 bits per heavy atom. The quantitative estimate of drug-likeness (QED) is 0.479. The first-order valence-corrected chi connectivity index (χ1v) is 6.04. The van der Waals surface area contributed by atoms with Crippen LogP contribution in [0.3, 0.4) is 0 Å². The molecule has 1 aromatic carbocycles. The summed E-state index contributed by atoms with van der Waals surface area (Å²) < 4.78 is 0. The normalized spacial score (nSPS) is 13.4. The molecule has 0 spiro atoms. The van der Waals surface area contributed by atoms with Gasteiger partial charge in [-0.05, 0) is 25.0 Å². The van der Waals surface area contributed by atoms with Crippen molar-refractivity contribution in [2.75, 3.05) is 0 Å². The zero-order chi connectivity index (χ0) is 13.8. The number of aliphatic imine (C=N–C) groups is 2. The van der Waals surface area contributed by atoms with Gasteiger partial charge in [-0.25, -0.2) is 4.99 Å². The summed E-state index contributed by atoms with van der Waals surface area (Å²) in [6.07, 6.45) is 2.76. The molecule has 6 heteroatoms. The van der Waals surface area contributed by atoms with Crippen LogP contribution in [0.25, 0.3) is 10.9 Å². The minimum atomic E-state index is -0.0828. The van der Waals surface area contributed by atoms with Crippen LogP contribution in [0.15, 0.2) is 40.4 Å². The molecule has 0 radical (unpaired) electrons. The van der Waals surface area contributed by atoms with E-state index in [4.69, 9.17) is 17.2 Å². The van der Waals surface area contributed by atoms with Crippen molar-refractivity contribution >= 4 is 22.8 Å². The van der Waals surface area contributed by atoms with Crippen molar-refractivity contribution < 1.29 is 0 Å². The van der Waals surface area contributed by atoms with Gasteiger partial charge in [0, 0.05) is 17.1 Å². The number of fused-ring (bicyclic) bond motifs is 1. The Bertz CT molecular complexity index is 621. The first-order chi connectivity index (χ1) is 9.06. The molecule has 0 aliphatic heterocycles. The topological polar surface area (TPSA) is 119 Å². The van der Waals surface area contributed by atoms with E-state index in [-0.39, 0.29) is 18.0 Å². The fourth-order valence-electron chi connectivity index (χ4n) is 2.05. The summed E-state index contributed by atoms with van der Waals surface area (Å²) in [5.41, 5.74) is 18.4. The second kappa shape index (κ2) is 5.43. The van der Waals surface area contributed by atoms with Crippen molar-refractivity contribution in [1.82, 2.24) is 4.98 Å². The van der Waals surface area contributed by atoms with E-state index in [9.17, 15) is 0 Å². The van der Waals surface area contributed by atoms with Crippen molar-refractivity contribution in [2.45, 2.75) is 19.4 Å². The van der Waals surface area contributed by atoms with Crippen molar-refractivity contribution in [2.24, 2.45) is 27.2 Å². The van der Waals surface area contributed by atoms with Gasteiger partial charge in [0.05, 0.1) is 6.04 Å². The van der Waals surface area contributed by atoms with Gasteiger partial charge in [-0.1, -0.05) is 18.2 Å². The summed E-state index contributed by atoms with van der Waals surface area (Å²) in [7, 11) is 0. The highest BCUT2D eigenvalue weighted by Crippen LogP contribution is 2.19. The van der Waals surface area contributed by atoms with Crippen LogP contribution in [0, 0.1) is 0 Å². The molecule has 2 aromatic rings. The number of rotatable bonds is 3. The molecular formula is C13H18N6. The van der Waals surface area contributed by atoms with Crippen molar-refractivity contribution in [3.8, 4) is 0 Å². The van der Waals surface area contributed by atoms with E-state index in [0.717, 1.165) is 11.9 Å². The molecule has 19 heavy (non-hydrogen) atoms. The largest absolute Gasteiger partial charge is 0.370 e. The number of benzene rings is 1. The van der Waals surface area contributed by atoms with Gasteiger partial charge in [0.15, 0.2) is 5.96 Å². The van der Waals surface area contributed by atoms with E-state index < -0.39 is 0 Å². The van der Waals surface area contributed by atoms with Crippen LogP contribution in [-0.4, -0.2) is 22.9 Å². The third-order valence-electron chi connectivity index (χ3n) is 2.79. The van der Waals surface area contributed by atoms with Crippen LogP contribution in [0.4, 0.5) is 0 Å². The number of nitrogens with zero attached hydrogens (tertiary/aromatic N) is 2. The number of hydrogen-bond acceptors (Lipinski definition) is 1. The van der Waals surface area contributed by atoms with E-state index in [1.807, 2.05) is 31.3 Å². The number of guanidine groups is 2. The molecule has 1 heterocycles. The smallest absolute Gasteiger partial charge is 0.218 e. The molecule has 0 amide bonds. The Hall–Kier alpha value is -2.50. The van der Waals surface area contributed by atoms with Gasteiger partial charge in [0.1, 0.15) is 0 Å². The molecule has 0 saturated heterocycles. The maximum absolute atomic E-state index is 5.61. The third-order valence-corrected chi connectivity index (χ3v) is 2.79. The molecule has 100 valence electrons. The second-order valence-electron chi connectivity index (χ2n) is 4.44. The predicted molar refractivity (Wildman–Crippen MR) is 78.9 cm³/mol. The minimum absolute atomic E-state index is 0.00214. The highest BCUT2D eigenvalue weighted by molar-refractivity contribution is 5.92. The number of aromatic amines is 1. The molecule has 0 fully saturated rings. The summed E-state index contributed by atoms with van der Waals surface area (Å²) in [6, 6.07) is 8.14. The average Bonchev–Trinajstić information content (AvgIpc) is 2.71. The Labute approximate surface area is 111 Å². The van der Waals surface area contributed by atoms with Gasteiger partial charge in [0.25, 0.3) is 0 Å². The zero-order valence-electron chi connectivity index (χ0n) is 10.8. The molecule has 0 unspecified atom stereocenters. The van der Waals surface area contributed by atoms with E-state index in [0.29, 0.717) is 0 Å². The zero-order valence-corrected chi connectivity index (χ0v) is 10.8. The van der Waals surface area contributed by atoms with Gasteiger partial charge >= 0.3 is 0 Å². The number of H-pyrrole nitrogens is 1. The Morgan fingerprint density at radius 3 is 2.74 bits per heavy atom. The fraction of sp³-hybridized carbons (Fsp3) is 0.231. The Kier molecular flexibility index (Phi) is 3.70. The van der Waals surface area contributed by atoms with Gasteiger partial charge < -0.3 is 22.2 Å². The second-order valence-corrected chi connectivity index (χ2v) is 4.44. The molecule has 7 N–H and O–H groups in total. The molecule has 1 aromatic heterocycles. The van der Waals surface area contributed by atoms with E-state index in [2.05, 4.69) is 21.0 Å². The minimum Gasteiger partial charge on any atom is -0.370 e. The highest BCUT2D eigenvalue weighted by Gasteiger charge is 2.07. The van der Waals surface area contributed by atoms with Gasteiger partial charge in [-0.15, -0.1) is 0 Å². The van der Waals surface area contributed by atoms with Crippen LogP contribution in [0.5, 0.6) is 0 Å². The van der Waals surface area contributed by atoms with Gasteiger partial charge in [-0.3, -0.25) is 0 Å². The summed E-state index contributed by atoms with van der Waals surface area (Å²) in [5.74, 6) is 0.0212. The third kappa shape index (κ3) is 3.25. The standard InChI is InChI=1S/C13H18N6/c1-8(18-13(16)19-12(14)15)6-9-7-17-11-5-3-2-4-10(9)11/h2-5,7-8,17H,6H2,1H3,(H6,14,15,16,18,19)/t8-/m0/s1. The van der Waals surface area contributed by atoms with Crippen LogP contribution >= 0.6 is 0 Å². The number of nitrogens with two attached hydrogens (primary N) is 3. The lowest BCUT2D eigenvalue weighted by atomic mass is 10.1. The molecule has 1 atom stereocenters. The molecule has 0 aliphatic rings. The Balaban J connectivity index is 2.15. The van der Waals surface area contributed by atoms with Gasteiger partial charge in [0.2, 0.25) is 5.96 Å². The first-order valence-electron chi connectivity index (χ1n) is 6.04. The van der Waals surface area contributed by atoms with E-state index in [1.165, 1.54) is 10.9 Å². The highest BCUT2D eigenvalue weighted by atomic mass is 15.1. The lowest BCUT2D eigenvalue weighted by Crippen LogP contribution is -2.27. The lowest BCUT2D eigenvalue weighted by Gasteiger charge is -2.05. The molecular weight excluding hydrogens is 240 g/mol. The summed E-state index contributed by atoms with van der Waals surface area (Å²) in [5, 5.41) is 1.20. The van der Waals surface area contributed by atoms with E-state index >= 15 is 0 Å². The monoisotopic (exact) mass is 258 g/mol. The van der Waals surface area contributed by atoms with Crippen LogP contribution in [0.1, 0.15) is 12.5 Å². The van der Waals surface area contributed by atoms with Crippen molar-refractivity contribution in [3.63, 3.8) is 0 Å². The molecule has 2 rings (SSSR count). The summed E-state index contributed by atoms with van der Waals surface area (Å²) in [6.45, 7) is 1.97. The summed E-state index contributed by atoms with van der Waals surface area (Å²) >= 11 is 0. The Morgan fingerprint density at radius 1 is 1.26 bits per heavy atom. The molecule has 0 aliphatic carbocycles. The lowest BCUT2D eigenvalue weighted by molar-refractivity contribution is 0.741.